The second-order valence-corrected chi connectivity index (χ2v) is 11.8. The molecule has 1 heterocycles. The molecule has 1 aliphatic heterocycles. The third kappa shape index (κ3) is 5.31. The van der Waals surface area contributed by atoms with E-state index in [-0.39, 0.29) is 28.3 Å². The molecule has 0 atom stereocenters. The molecule has 2 aliphatic rings. The molecule has 3 amide bonds. The van der Waals surface area contributed by atoms with Crippen LogP contribution in [-0.2, 0) is 16.4 Å². The second kappa shape index (κ2) is 9.54. The van der Waals surface area contributed by atoms with Crippen LogP contribution in [0, 0.1) is 0 Å². The van der Waals surface area contributed by atoms with Crippen LogP contribution in [0.15, 0.2) is 47.4 Å². The van der Waals surface area contributed by atoms with E-state index in [9.17, 15) is 22.8 Å². The first-order valence-corrected chi connectivity index (χ1v) is 13.4. The molecule has 4 rings (SSSR count). The summed E-state index contributed by atoms with van der Waals surface area (Å²) in [5, 5.41) is 2.82. The number of hydrogen-bond donors (Lipinski definition) is 2. The van der Waals surface area contributed by atoms with Crippen LogP contribution in [0.2, 0.25) is 0 Å². The lowest BCUT2D eigenvalue weighted by Gasteiger charge is -2.29. The average molecular weight is 498 g/mol. The monoisotopic (exact) mass is 497 g/mol. The van der Waals surface area contributed by atoms with Gasteiger partial charge in [-0.2, -0.15) is 0 Å². The van der Waals surface area contributed by atoms with Crippen LogP contribution in [0.25, 0.3) is 0 Å². The van der Waals surface area contributed by atoms with Crippen LogP contribution < -0.4 is 10.0 Å². The van der Waals surface area contributed by atoms with Crippen molar-refractivity contribution in [3.05, 3.63) is 64.7 Å². The fourth-order valence-electron chi connectivity index (χ4n) is 4.58. The molecular formula is C26H31N3O5S. The third-order valence-corrected chi connectivity index (χ3v) is 7.97. The van der Waals surface area contributed by atoms with Gasteiger partial charge in [-0.15, -0.1) is 0 Å². The topological polar surface area (TPSA) is 113 Å². The van der Waals surface area contributed by atoms with E-state index in [0.29, 0.717) is 24.1 Å². The van der Waals surface area contributed by atoms with Crippen molar-refractivity contribution < 1.29 is 22.8 Å². The zero-order valence-corrected chi connectivity index (χ0v) is 21.1. The zero-order valence-electron chi connectivity index (χ0n) is 20.3. The van der Waals surface area contributed by atoms with E-state index < -0.39 is 21.5 Å². The molecule has 0 radical (unpaired) electrons. The van der Waals surface area contributed by atoms with Crippen LogP contribution in [0.3, 0.4) is 0 Å². The summed E-state index contributed by atoms with van der Waals surface area (Å²) in [7, 11) is -3.53. The molecule has 1 saturated carbocycles. The maximum atomic E-state index is 12.7. The predicted molar refractivity (Wildman–Crippen MR) is 132 cm³/mol. The number of hydrogen-bond acceptors (Lipinski definition) is 5. The van der Waals surface area contributed by atoms with E-state index in [1.165, 1.54) is 17.0 Å². The lowest BCUT2D eigenvalue weighted by Crippen LogP contribution is -2.45. The van der Waals surface area contributed by atoms with Crippen molar-refractivity contribution >= 4 is 27.7 Å². The highest BCUT2D eigenvalue weighted by atomic mass is 32.2. The summed E-state index contributed by atoms with van der Waals surface area (Å²) in [6.07, 6.45) is 4.36. The summed E-state index contributed by atoms with van der Waals surface area (Å²) in [4.78, 5) is 39.4. The van der Waals surface area contributed by atoms with E-state index in [1.807, 2.05) is 0 Å². The van der Waals surface area contributed by atoms with Gasteiger partial charge in [0.25, 0.3) is 17.7 Å². The van der Waals surface area contributed by atoms with E-state index in [2.05, 4.69) is 10.0 Å². The summed E-state index contributed by atoms with van der Waals surface area (Å²) in [6.45, 7) is 5.70. The minimum Gasteiger partial charge on any atom is -0.352 e. The molecule has 0 bridgehead atoms. The molecular weight excluding hydrogens is 466 g/mol. The SMILES string of the molecule is CC(C)(C)N1C(=O)c2ccc(C(=O)NCCc3ccc(S(=O)(=O)NC4CCCC4)cc3)cc2C1=O. The van der Waals surface area contributed by atoms with Crippen molar-refractivity contribution in [3.8, 4) is 0 Å². The normalized spacial score (nSPS) is 16.6. The minimum absolute atomic E-state index is 0.0130. The Kier molecular flexibility index (Phi) is 6.83. The Labute approximate surface area is 206 Å². The number of rotatable bonds is 7. The highest BCUT2D eigenvalue weighted by molar-refractivity contribution is 7.89. The number of nitrogens with zero attached hydrogens (tertiary/aromatic N) is 1. The molecule has 35 heavy (non-hydrogen) atoms. The second-order valence-electron chi connectivity index (χ2n) is 10.1. The molecule has 2 aromatic carbocycles. The van der Waals surface area contributed by atoms with Gasteiger partial charge in [-0.05, 0) is 75.9 Å². The van der Waals surface area contributed by atoms with E-state index in [4.69, 9.17) is 0 Å². The lowest BCUT2D eigenvalue weighted by atomic mass is 10.1. The molecule has 0 saturated heterocycles. The van der Waals surface area contributed by atoms with E-state index in [1.54, 1.807) is 51.1 Å². The Bertz CT molecular complexity index is 1260. The maximum absolute atomic E-state index is 12.7. The highest BCUT2D eigenvalue weighted by Crippen LogP contribution is 2.30. The van der Waals surface area contributed by atoms with Crippen molar-refractivity contribution in [3.63, 3.8) is 0 Å². The van der Waals surface area contributed by atoms with Crippen molar-refractivity contribution in [1.29, 1.82) is 0 Å². The molecule has 2 aromatic rings. The summed E-state index contributed by atoms with van der Waals surface area (Å²) in [6, 6.07) is 11.2. The summed E-state index contributed by atoms with van der Waals surface area (Å²) in [5.41, 5.74) is 1.08. The number of sulfonamides is 1. The molecule has 2 N–H and O–H groups in total. The molecule has 1 fully saturated rings. The van der Waals surface area contributed by atoms with Gasteiger partial charge in [0.15, 0.2) is 0 Å². The summed E-state index contributed by atoms with van der Waals surface area (Å²) >= 11 is 0. The largest absolute Gasteiger partial charge is 0.352 e. The van der Waals surface area contributed by atoms with Crippen LogP contribution in [0.4, 0.5) is 0 Å². The molecule has 9 heteroatoms. The van der Waals surface area contributed by atoms with Crippen molar-refractivity contribution in [2.45, 2.75) is 69.4 Å². The Morgan fingerprint density at radius 3 is 2.23 bits per heavy atom. The van der Waals surface area contributed by atoms with Gasteiger partial charge >= 0.3 is 0 Å². The summed E-state index contributed by atoms with van der Waals surface area (Å²) < 4.78 is 27.9. The van der Waals surface area contributed by atoms with Gasteiger partial charge in [0.1, 0.15) is 0 Å². The van der Waals surface area contributed by atoms with Crippen LogP contribution >= 0.6 is 0 Å². The number of benzene rings is 2. The van der Waals surface area contributed by atoms with Crippen molar-refractivity contribution in [2.75, 3.05) is 6.54 Å². The Morgan fingerprint density at radius 2 is 1.60 bits per heavy atom. The highest BCUT2D eigenvalue weighted by Gasteiger charge is 2.42. The Balaban J connectivity index is 1.34. The number of carbonyl (C=O) groups is 3. The Morgan fingerprint density at radius 1 is 0.971 bits per heavy atom. The minimum atomic E-state index is -3.53. The molecule has 186 valence electrons. The number of nitrogens with one attached hydrogen (secondary N) is 2. The molecule has 1 aliphatic carbocycles. The van der Waals surface area contributed by atoms with Gasteiger partial charge in [-0.25, -0.2) is 13.1 Å². The number of carbonyl (C=O) groups excluding carboxylic acids is 3. The average Bonchev–Trinajstić information content (AvgIpc) is 3.39. The number of imide groups is 1. The van der Waals surface area contributed by atoms with Crippen LogP contribution in [-0.4, -0.2) is 49.2 Å². The first-order valence-electron chi connectivity index (χ1n) is 11.9. The fourth-order valence-corrected chi connectivity index (χ4v) is 5.89. The van der Waals surface area contributed by atoms with Gasteiger partial charge in [-0.1, -0.05) is 25.0 Å². The molecule has 0 spiro atoms. The van der Waals surface area contributed by atoms with E-state index in [0.717, 1.165) is 31.2 Å². The molecule has 0 aromatic heterocycles. The van der Waals surface area contributed by atoms with Crippen LogP contribution in [0.5, 0.6) is 0 Å². The fraction of sp³-hybridized carbons (Fsp3) is 0.423. The number of amides is 3. The first kappa shape index (κ1) is 25.1. The molecule has 8 nitrogen and oxygen atoms in total. The third-order valence-electron chi connectivity index (χ3n) is 6.43. The van der Waals surface area contributed by atoms with E-state index >= 15 is 0 Å². The standard InChI is InChI=1S/C26H31N3O5S/c1-26(2,3)29-24(31)21-13-10-18(16-22(21)25(29)32)23(30)27-15-14-17-8-11-20(12-9-17)35(33,34)28-19-6-4-5-7-19/h8-13,16,19,28H,4-7,14-15H2,1-3H3,(H,27,30). The van der Waals surface area contributed by atoms with Crippen molar-refractivity contribution in [1.82, 2.24) is 14.9 Å². The smallest absolute Gasteiger partial charge is 0.262 e. The van der Waals surface area contributed by atoms with Gasteiger partial charge in [0, 0.05) is 23.7 Å². The van der Waals surface area contributed by atoms with Gasteiger partial charge < -0.3 is 5.32 Å². The maximum Gasteiger partial charge on any atom is 0.262 e. The van der Waals surface area contributed by atoms with Gasteiger partial charge in [0.05, 0.1) is 16.0 Å². The van der Waals surface area contributed by atoms with Crippen molar-refractivity contribution in [2.24, 2.45) is 0 Å². The van der Waals surface area contributed by atoms with Gasteiger partial charge in [0.2, 0.25) is 10.0 Å². The zero-order chi connectivity index (χ0) is 25.4. The van der Waals surface area contributed by atoms with Crippen LogP contribution in [0.1, 0.15) is 83.1 Å². The Hall–Kier alpha value is -3.04. The lowest BCUT2D eigenvalue weighted by molar-refractivity contribution is 0.0507. The first-order chi connectivity index (χ1) is 16.5. The quantitative estimate of drug-likeness (QED) is 0.570. The molecule has 0 unspecified atom stereocenters. The summed E-state index contributed by atoms with van der Waals surface area (Å²) in [5.74, 6) is -1.10. The number of fused-ring (bicyclic) bond motifs is 1. The van der Waals surface area contributed by atoms with Gasteiger partial charge in [-0.3, -0.25) is 19.3 Å². The predicted octanol–water partition coefficient (Wildman–Crippen LogP) is 3.27.